The molecule has 18 heavy (non-hydrogen) atoms. The average Bonchev–Trinajstić information content (AvgIpc) is 2.22. The normalized spacial score (nSPS) is 11.3. The van der Waals surface area contributed by atoms with Gasteiger partial charge in [-0.05, 0) is 24.8 Å². The van der Waals surface area contributed by atoms with Gasteiger partial charge in [0.1, 0.15) is 5.69 Å². The Hall–Kier alpha value is -1.44. The first kappa shape index (κ1) is 14.6. The number of nitro benzene ring substituents is 1. The van der Waals surface area contributed by atoms with E-state index in [0.29, 0.717) is 5.56 Å². The van der Waals surface area contributed by atoms with Gasteiger partial charge in [-0.2, -0.15) is 13.2 Å². The average molecular weight is 280 g/mol. The molecule has 4 nitrogen and oxygen atoms in total. The molecule has 0 radical (unpaired) electrons. The van der Waals surface area contributed by atoms with Gasteiger partial charge in [-0.1, -0.05) is 12.1 Å². The quantitative estimate of drug-likeness (QED) is 0.509. The topological polar surface area (TPSA) is 55.2 Å². The standard InChI is InChI=1S/C10H11F3N2O2S/c1-7-3-2-4-8(9(7)15(16)17)14-5-6-18-10(11,12)13/h2-4,14H,5-6H2,1H3. The summed E-state index contributed by atoms with van der Waals surface area (Å²) in [6, 6.07) is 4.67. The molecule has 0 saturated carbocycles. The Morgan fingerprint density at radius 1 is 1.44 bits per heavy atom. The highest BCUT2D eigenvalue weighted by Gasteiger charge is 2.27. The number of nitrogens with one attached hydrogen (secondary N) is 1. The second kappa shape index (κ2) is 5.94. The van der Waals surface area contributed by atoms with E-state index in [0.717, 1.165) is 0 Å². The summed E-state index contributed by atoms with van der Waals surface area (Å²) >= 11 is -0.161. The van der Waals surface area contributed by atoms with E-state index in [9.17, 15) is 23.3 Å². The Balaban J connectivity index is 2.63. The molecule has 100 valence electrons. The van der Waals surface area contributed by atoms with Gasteiger partial charge in [0.25, 0.3) is 5.69 Å². The zero-order valence-corrected chi connectivity index (χ0v) is 10.3. The predicted octanol–water partition coefficient (Wildman–Crippen LogP) is 3.57. The smallest absolute Gasteiger partial charge is 0.379 e. The van der Waals surface area contributed by atoms with Crippen molar-refractivity contribution in [2.24, 2.45) is 0 Å². The van der Waals surface area contributed by atoms with Crippen LogP contribution in [0.15, 0.2) is 18.2 Å². The van der Waals surface area contributed by atoms with Gasteiger partial charge in [-0.25, -0.2) is 0 Å². The molecule has 1 N–H and O–H groups in total. The number of aryl methyl sites for hydroxylation is 1. The summed E-state index contributed by atoms with van der Waals surface area (Å²) in [7, 11) is 0. The fourth-order valence-electron chi connectivity index (χ4n) is 1.40. The summed E-state index contributed by atoms with van der Waals surface area (Å²) in [4.78, 5) is 10.3. The lowest BCUT2D eigenvalue weighted by Crippen LogP contribution is -2.10. The molecule has 0 unspecified atom stereocenters. The van der Waals surface area contributed by atoms with Gasteiger partial charge in [0.05, 0.1) is 4.92 Å². The molecular formula is C10H11F3N2O2S. The van der Waals surface area contributed by atoms with Crippen LogP contribution in [0.5, 0.6) is 0 Å². The number of anilines is 1. The van der Waals surface area contributed by atoms with Crippen LogP contribution in [0.25, 0.3) is 0 Å². The summed E-state index contributed by atoms with van der Waals surface area (Å²) in [5.41, 5.74) is -3.68. The molecule has 1 rings (SSSR count). The second-order valence-corrected chi connectivity index (χ2v) is 4.61. The minimum atomic E-state index is -4.28. The Labute approximate surface area is 106 Å². The third-order valence-corrected chi connectivity index (χ3v) is 2.84. The van der Waals surface area contributed by atoms with Crippen LogP contribution >= 0.6 is 11.8 Å². The van der Waals surface area contributed by atoms with Gasteiger partial charge >= 0.3 is 5.51 Å². The SMILES string of the molecule is Cc1cccc(NCCSC(F)(F)F)c1[N+](=O)[O-]. The predicted molar refractivity (Wildman–Crippen MR) is 64.8 cm³/mol. The molecule has 1 aromatic carbocycles. The first-order chi connectivity index (χ1) is 8.31. The maximum Gasteiger partial charge on any atom is 0.441 e. The number of hydrogen-bond acceptors (Lipinski definition) is 4. The molecule has 0 fully saturated rings. The van der Waals surface area contributed by atoms with Crippen LogP contribution in [-0.4, -0.2) is 22.7 Å². The zero-order valence-electron chi connectivity index (χ0n) is 9.45. The van der Waals surface area contributed by atoms with Crippen molar-refractivity contribution in [1.29, 1.82) is 0 Å². The first-order valence-corrected chi connectivity index (χ1v) is 5.98. The molecule has 0 spiro atoms. The maximum absolute atomic E-state index is 11.9. The molecule has 1 aromatic rings. The molecule has 0 aromatic heterocycles. The number of nitrogens with zero attached hydrogens (tertiary/aromatic N) is 1. The van der Waals surface area contributed by atoms with E-state index in [4.69, 9.17) is 0 Å². The van der Waals surface area contributed by atoms with E-state index in [-0.39, 0.29) is 35.4 Å². The molecule has 0 saturated heterocycles. The number of thioether (sulfide) groups is 1. The second-order valence-electron chi connectivity index (χ2n) is 3.45. The van der Waals surface area contributed by atoms with Crippen molar-refractivity contribution >= 4 is 23.1 Å². The van der Waals surface area contributed by atoms with Crippen molar-refractivity contribution in [1.82, 2.24) is 0 Å². The van der Waals surface area contributed by atoms with E-state index >= 15 is 0 Å². The van der Waals surface area contributed by atoms with Crippen LogP contribution < -0.4 is 5.32 Å². The van der Waals surface area contributed by atoms with Crippen LogP contribution in [0.2, 0.25) is 0 Å². The molecule has 0 heterocycles. The first-order valence-electron chi connectivity index (χ1n) is 5.00. The summed E-state index contributed by atoms with van der Waals surface area (Å²) in [5.74, 6) is -0.200. The molecule has 0 aliphatic heterocycles. The summed E-state index contributed by atoms with van der Waals surface area (Å²) in [6.07, 6.45) is 0. The van der Waals surface area contributed by atoms with E-state index in [2.05, 4.69) is 5.32 Å². The number of alkyl halides is 3. The summed E-state index contributed by atoms with van der Waals surface area (Å²) in [6.45, 7) is 1.59. The van der Waals surface area contributed by atoms with Crippen molar-refractivity contribution in [2.45, 2.75) is 12.4 Å². The lowest BCUT2D eigenvalue weighted by Gasteiger charge is -2.09. The minimum Gasteiger partial charge on any atom is -0.379 e. The third-order valence-electron chi connectivity index (χ3n) is 2.10. The summed E-state index contributed by atoms with van der Waals surface area (Å²) in [5, 5.41) is 13.5. The van der Waals surface area contributed by atoms with Crippen LogP contribution in [0.4, 0.5) is 24.5 Å². The number of para-hydroxylation sites is 1. The van der Waals surface area contributed by atoms with Gasteiger partial charge in [0.2, 0.25) is 0 Å². The molecular weight excluding hydrogens is 269 g/mol. The molecule has 8 heteroatoms. The Kier molecular flexibility index (Phi) is 4.83. The van der Waals surface area contributed by atoms with E-state index < -0.39 is 10.4 Å². The third kappa shape index (κ3) is 4.44. The minimum absolute atomic E-state index is 0.00840. The van der Waals surface area contributed by atoms with Crippen molar-refractivity contribution < 1.29 is 18.1 Å². The largest absolute Gasteiger partial charge is 0.441 e. The monoisotopic (exact) mass is 280 g/mol. The van der Waals surface area contributed by atoms with Gasteiger partial charge in [-0.3, -0.25) is 10.1 Å². The van der Waals surface area contributed by atoms with Gasteiger partial charge < -0.3 is 5.32 Å². The van der Waals surface area contributed by atoms with E-state index in [1.807, 2.05) is 0 Å². The highest BCUT2D eigenvalue weighted by atomic mass is 32.2. The molecule has 0 aliphatic rings. The fraction of sp³-hybridized carbons (Fsp3) is 0.400. The van der Waals surface area contributed by atoms with Crippen molar-refractivity contribution in [3.8, 4) is 0 Å². The van der Waals surface area contributed by atoms with Crippen LogP contribution in [0, 0.1) is 17.0 Å². The lowest BCUT2D eigenvalue weighted by atomic mass is 10.1. The van der Waals surface area contributed by atoms with Gasteiger partial charge in [0.15, 0.2) is 0 Å². The van der Waals surface area contributed by atoms with Crippen LogP contribution in [0.1, 0.15) is 5.56 Å². The summed E-state index contributed by atoms with van der Waals surface area (Å²) < 4.78 is 35.6. The van der Waals surface area contributed by atoms with Crippen molar-refractivity contribution in [2.75, 3.05) is 17.6 Å². The van der Waals surface area contributed by atoms with Crippen LogP contribution in [0.3, 0.4) is 0 Å². The maximum atomic E-state index is 11.9. The molecule has 0 bridgehead atoms. The molecule has 0 atom stereocenters. The van der Waals surface area contributed by atoms with Gasteiger partial charge in [-0.15, -0.1) is 0 Å². The number of hydrogen-bond donors (Lipinski definition) is 1. The van der Waals surface area contributed by atoms with E-state index in [1.54, 1.807) is 19.1 Å². The Bertz CT molecular complexity index is 438. The number of benzene rings is 1. The Morgan fingerprint density at radius 2 is 2.11 bits per heavy atom. The lowest BCUT2D eigenvalue weighted by molar-refractivity contribution is -0.384. The van der Waals surface area contributed by atoms with Crippen LogP contribution in [-0.2, 0) is 0 Å². The number of rotatable bonds is 5. The van der Waals surface area contributed by atoms with Gasteiger partial charge in [0, 0.05) is 17.9 Å². The Morgan fingerprint density at radius 3 is 2.67 bits per heavy atom. The highest BCUT2D eigenvalue weighted by molar-refractivity contribution is 8.00. The van der Waals surface area contributed by atoms with Crippen molar-refractivity contribution in [3.05, 3.63) is 33.9 Å². The fourth-order valence-corrected chi connectivity index (χ4v) is 1.83. The molecule has 0 aliphatic carbocycles. The highest BCUT2D eigenvalue weighted by Crippen LogP contribution is 2.31. The number of nitro groups is 1. The zero-order chi connectivity index (χ0) is 13.8. The molecule has 0 amide bonds. The number of halogens is 3. The van der Waals surface area contributed by atoms with Crippen molar-refractivity contribution in [3.63, 3.8) is 0 Å². The van der Waals surface area contributed by atoms with E-state index in [1.165, 1.54) is 6.07 Å².